The fourth-order valence-electron chi connectivity index (χ4n) is 2.59. The summed E-state index contributed by atoms with van der Waals surface area (Å²) in [6, 6.07) is 13.2. The molecular weight excluding hydrogens is 376 g/mol. The fraction of sp³-hybridized carbons (Fsp3) is 0.190. The van der Waals surface area contributed by atoms with E-state index in [1.807, 2.05) is 26.0 Å². The van der Waals surface area contributed by atoms with Gasteiger partial charge in [-0.05, 0) is 31.0 Å². The minimum atomic E-state index is -0.360. The molecule has 1 heterocycles. The predicted molar refractivity (Wildman–Crippen MR) is 111 cm³/mol. The van der Waals surface area contributed by atoms with Gasteiger partial charge < -0.3 is 15.4 Å². The van der Waals surface area contributed by atoms with Crippen LogP contribution in [0, 0.1) is 13.8 Å². The Bertz CT molecular complexity index is 990. The average Bonchev–Trinajstić information content (AvgIpc) is 2.70. The zero-order valence-corrected chi connectivity index (χ0v) is 16.7. The largest absolute Gasteiger partial charge is 0.495 e. The maximum absolute atomic E-state index is 12.6. The molecule has 2 N–H and O–H groups in total. The van der Waals surface area contributed by atoms with Crippen molar-refractivity contribution in [2.75, 3.05) is 17.7 Å². The number of rotatable bonds is 6. The molecule has 0 radical (unpaired) electrons. The molecule has 0 aliphatic rings. The van der Waals surface area contributed by atoms with Crippen LogP contribution in [-0.4, -0.2) is 23.0 Å². The first kappa shape index (κ1) is 19.6. The SMILES string of the molecule is COc1cc(Cl)c(C)cc1NC(=O)c1cc(NCc2ccc(C)cc2)ncn1. The summed E-state index contributed by atoms with van der Waals surface area (Å²) in [5, 5.41) is 6.59. The molecule has 2 aromatic carbocycles. The molecule has 0 spiro atoms. The van der Waals surface area contributed by atoms with Gasteiger partial charge in [-0.1, -0.05) is 41.4 Å². The summed E-state index contributed by atoms with van der Waals surface area (Å²) in [6.45, 7) is 4.50. The molecule has 7 heteroatoms. The number of hydrogen-bond acceptors (Lipinski definition) is 5. The summed E-state index contributed by atoms with van der Waals surface area (Å²) < 4.78 is 5.29. The molecule has 1 aromatic heterocycles. The van der Waals surface area contributed by atoms with Crippen LogP contribution >= 0.6 is 11.6 Å². The molecule has 144 valence electrons. The number of anilines is 2. The lowest BCUT2D eigenvalue weighted by molar-refractivity contribution is 0.102. The smallest absolute Gasteiger partial charge is 0.274 e. The molecule has 0 atom stereocenters. The van der Waals surface area contributed by atoms with Crippen molar-refractivity contribution >= 4 is 29.0 Å². The number of amides is 1. The predicted octanol–water partition coefficient (Wildman–Crippen LogP) is 4.62. The monoisotopic (exact) mass is 396 g/mol. The third-order valence-corrected chi connectivity index (χ3v) is 4.63. The number of methoxy groups -OCH3 is 1. The summed E-state index contributed by atoms with van der Waals surface area (Å²) in [6.07, 6.45) is 1.36. The van der Waals surface area contributed by atoms with Gasteiger partial charge in [0, 0.05) is 23.7 Å². The second-order valence-electron chi connectivity index (χ2n) is 6.38. The second-order valence-corrected chi connectivity index (χ2v) is 6.79. The third-order valence-electron chi connectivity index (χ3n) is 4.22. The Morgan fingerprint density at radius 3 is 2.57 bits per heavy atom. The molecular formula is C21H21ClN4O2. The quantitative estimate of drug-likeness (QED) is 0.635. The van der Waals surface area contributed by atoms with Crippen molar-refractivity contribution in [1.82, 2.24) is 9.97 Å². The molecule has 28 heavy (non-hydrogen) atoms. The molecule has 0 unspecified atom stereocenters. The van der Waals surface area contributed by atoms with Gasteiger partial charge in [-0.15, -0.1) is 0 Å². The summed E-state index contributed by atoms with van der Waals surface area (Å²) in [5.74, 6) is 0.691. The number of aromatic nitrogens is 2. The Labute approximate surface area is 168 Å². The number of hydrogen-bond donors (Lipinski definition) is 2. The van der Waals surface area contributed by atoms with E-state index in [0.717, 1.165) is 11.1 Å². The highest BCUT2D eigenvalue weighted by Crippen LogP contribution is 2.31. The first-order valence-corrected chi connectivity index (χ1v) is 9.11. The maximum Gasteiger partial charge on any atom is 0.274 e. The number of aryl methyl sites for hydroxylation is 2. The van der Waals surface area contributed by atoms with Gasteiger partial charge in [0.2, 0.25) is 0 Å². The van der Waals surface area contributed by atoms with Crippen LogP contribution in [0.5, 0.6) is 5.75 Å². The fourth-order valence-corrected chi connectivity index (χ4v) is 2.75. The Morgan fingerprint density at radius 2 is 1.86 bits per heavy atom. The van der Waals surface area contributed by atoms with E-state index in [1.54, 1.807) is 18.2 Å². The lowest BCUT2D eigenvalue weighted by atomic mass is 10.1. The maximum atomic E-state index is 12.6. The number of benzene rings is 2. The molecule has 0 aliphatic heterocycles. The molecule has 0 saturated heterocycles. The van der Waals surface area contributed by atoms with Gasteiger partial charge in [-0.25, -0.2) is 9.97 Å². The number of halogens is 1. The molecule has 0 aliphatic carbocycles. The third kappa shape index (κ3) is 4.78. The van der Waals surface area contributed by atoms with Crippen molar-refractivity contribution in [3.05, 3.63) is 76.2 Å². The lowest BCUT2D eigenvalue weighted by Crippen LogP contribution is -2.15. The van der Waals surface area contributed by atoms with Gasteiger partial charge in [0.1, 0.15) is 23.6 Å². The van der Waals surface area contributed by atoms with Crippen molar-refractivity contribution in [1.29, 1.82) is 0 Å². The average molecular weight is 397 g/mol. The van der Waals surface area contributed by atoms with Crippen LogP contribution in [-0.2, 0) is 6.54 Å². The van der Waals surface area contributed by atoms with E-state index in [9.17, 15) is 4.79 Å². The number of ether oxygens (including phenoxy) is 1. The van der Waals surface area contributed by atoms with Crippen LogP contribution in [0.3, 0.4) is 0 Å². The van der Waals surface area contributed by atoms with Gasteiger partial charge in [-0.2, -0.15) is 0 Å². The molecule has 0 fully saturated rings. The van der Waals surface area contributed by atoms with Gasteiger partial charge in [0.25, 0.3) is 5.91 Å². The molecule has 6 nitrogen and oxygen atoms in total. The van der Waals surface area contributed by atoms with Crippen LogP contribution in [0.2, 0.25) is 5.02 Å². The minimum absolute atomic E-state index is 0.246. The van der Waals surface area contributed by atoms with Gasteiger partial charge in [0.15, 0.2) is 0 Å². The minimum Gasteiger partial charge on any atom is -0.495 e. The van der Waals surface area contributed by atoms with Crippen LogP contribution in [0.1, 0.15) is 27.2 Å². The standard InChI is InChI=1S/C21H21ClN4O2/c1-13-4-6-15(7-5-13)11-23-20-10-18(24-12-25-20)21(27)26-17-8-14(2)16(22)9-19(17)28-3/h4-10,12H,11H2,1-3H3,(H,26,27)(H,23,24,25). The van der Waals surface area contributed by atoms with Gasteiger partial charge in [0.05, 0.1) is 12.8 Å². The summed E-state index contributed by atoms with van der Waals surface area (Å²) in [4.78, 5) is 20.9. The highest BCUT2D eigenvalue weighted by molar-refractivity contribution is 6.31. The molecule has 3 aromatic rings. The van der Waals surface area contributed by atoms with Crippen molar-refractivity contribution in [2.24, 2.45) is 0 Å². The Balaban J connectivity index is 1.72. The van der Waals surface area contributed by atoms with Crippen LogP contribution < -0.4 is 15.4 Å². The van der Waals surface area contributed by atoms with E-state index < -0.39 is 0 Å². The zero-order chi connectivity index (χ0) is 20.1. The first-order valence-electron chi connectivity index (χ1n) is 8.73. The summed E-state index contributed by atoms with van der Waals surface area (Å²) in [7, 11) is 1.52. The molecule has 0 bridgehead atoms. The van der Waals surface area contributed by atoms with Crippen LogP contribution in [0.4, 0.5) is 11.5 Å². The highest BCUT2D eigenvalue weighted by Gasteiger charge is 2.14. The van der Waals surface area contributed by atoms with E-state index in [2.05, 4.69) is 32.7 Å². The number of nitrogens with one attached hydrogen (secondary N) is 2. The van der Waals surface area contributed by atoms with Gasteiger partial charge >= 0.3 is 0 Å². The normalized spacial score (nSPS) is 10.4. The molecule has 1 amide bonds. The van der Waals surface area contributed by atoms with E-state index in [-0.39, 0.29) is 11.6 Å². The van der Waals surface area contributed by atoms with Crippen molar-refractivity contribution in [2.45, 2.75) is 20.4 Å². The Hall–Kier alpha value is -3.12. The molecule has 3 rings (SSSR count). The second kappa shape index (κ2) is 8.71. The lowest BCUT2D eigenvalue weighted by Gasteiger charge is -2.12. The van der Waals surface area contributed by atoms with E-state index in [4.69, 9.17) is 16.3 Å². The van der Waals surface area contributed by atoms with Gasteiger partial charge in [-0.3, -0.25) is 4.79 Å². The Morgan fingerprint density at radius 1 is 1.11 bits per heavy atom. The van der Waals surface area contributed by atoms with E-state index in [0.29, 0.717) is 28.8 Å². The van der Waals surface area contributed by atoms with Crippen molar-refractivity contribution in [3.8, 4) is 5.75 Å². The topological polar surface area (TPSA) is 76.1 Å². The van der Waals surface area contributed by atoms with E-state index >= 15 is 0 Å². The first-order chi connectivity index (χ1) is 13.5. The van der Waals surface area contributed by atoms with Crippen LogP contribution in [0.25, 0.3) is 0 Å². The Kier molecular flexibility index (Phi) is 6.11. The van der Waals surface area contributed by atoms with Crippen LogP contribution in [0.15, 0.2) is 48.8 Å². The number of nitrogens with zero attached hydrogens (tertiary/aromatic N) is 2. The number of carbonyl (C=O) groups is 1. The van der Waals surface area contributed by atoms with Crippen molar-refractivity contribution < 1.29 is 9.53 Å². The summed E-state index contributed by atoms with van der Waals surface area (Å²) in [5.41, 5.74) is 3.94. The summed E-state index contributed by atoms with van der Waals surface area (Å²) >= 11 is 6.11. The zero-order valence-electron chi connectivity index (χ0n) is 15.9. The van der Waals surface area contributed by atoms with E-state index in [1.165, 1.54) is 19.0 Å². The van der Waals surface area contributed by atoms with Crippen molar-refractivity contribution in [3.63, 3.8) is 0 Å². The highest BCUT2D eigenvalue weighted by atomic mass is 35.5. The molecule has 0 saturated carbocycles. The number of carbonyl (C=O) groups excluding carboxylic acids is 1.